The number of nitrogens with zero attached hydrogens (tertiary/aromatic N) is 1. The van der Waals surface area contributed by atoms with E-state index in [0.717, 1.165) is 6.54 Å². The summed E-state index contributed by atoms with van der Waals surface area (Å²) in [4.78, 5) is 12.7. The van der Waals surface area contributed by atoms with Crippen LogP contribution in [0.3, 0.4) is 0 Å². The first-order valence-corrected chi connectivity index (χ1v) is 3.46. The van der Waals surface area contributed by atoms with Crippen LogP contribution in [0, 0.1) is 0 Å². The zero-order chi connectivity index (χ0) is 7.78. The molecule has 1 saturated heterocycles. The van der Waals surface area contributed by atoms with E-state index in [2.05, 4.69) is 0 Å². The van der Waals surface area contributed by atoms with Crippen molar-refractivity contribution >= 4 is 6.09 Å². The molecular weight excluding hydrogens is 130 g/mol. The Hall–Kier alpha value is -0.730. The number of ether oxygens (including phenoxy) is 1. The first kappa shape index (κ1) is 7.38. The molecule has 0 bridgehead atoms. The second-order valence-corrected chi connectivity index (χ2v) is 3.44. The maximum atomic E-state index is 10.9. The van der Waals surface area contributed by atoms with Gasteiger partial charge in [0.2, 0.25) is 0 Å². The van der Waals surface area contributed by atoms with Gasteiger partial charge in [-0.25, -0.2) is 4.79 Å². The van der Waals surface area contributed by atoms with Crippen molar-refractivity contribution in [1.82, 2.24) is 4.90 Å². The third-order valence-corrected chi connectivity index (χ3v) is 1.57. The summed E-state index contributed by atoms with van der Waals surface area (Å²) in [6.07, 6.45) is -0.187. The highest BCUT2D eigenvalue weighted by Gasteiger charge is 2.31. The summed E-state index contributed by atoms with van der Waals surface area (Å²) in [5.41, 5.74) is -0.0897. The highest BCUT2D eigenvalue weighted by atomic mass is 16.6. The molecule has 0 N–H and O–H groups in total. The van der Waals surface area contributed by atoms with Gasteiger partial charge in [-0.3, -0.25) is 4.90 Å². The highest BCUT2D eigenvalue weighted by molar-refractivity contribution is 5.70. The number of cyclic esters (lactones) is 1. The lowest BCUT2D eigenvalue weighted by Gasteiger charge is -2.28. The van der Waals surface area contributed by atoms with Crippen molar-refractivity contribution in [2.75, 3.05) is 13.2 Å². The Bertz CT molecular complexity index is 148. The summed E-state index contributed by atoms with van der Waals surface area (Å²) in [5, 5.41) is 0. The second-order valence-electron chi connectivity index (χ2n) is 3.44. The Morgan fingerprint density at radius 3 is 2.30 bits per heavy atom. The summed E-state index contributed by atoms with van der Waals surface area (Å²) in [6, 6.07) is 0. The fourth-order valence-electron chi connectivity index (χ4n) is 1.00. The second kappa shape index (κ2) is 2.15. The Balaban J connectivity index is 2.64. The first-order valence-electron chi connectivity index (χ1n) is 3.46. The van der Waals surface area contributed by atoms with Crippen molar-refractivity contribution in [3.8, 4) is 0 Å². The number of hydrogen-bond acceptors (Lipinski definition) is 2. The Morgan fingerprint density at radius 1 is 1.50 bits per heavy atom. The number of hydrogen-bond donors (Lipinski definition) is 0. The predicted octanol–water partition coefficient (Wildman–Crippen LogP) is 1.24. The fourth-order valence-corrected chi connectivity index (χ4v) is 1.00. The molecule has 3 heteroatoms. The minimum atomic E-state index is -0.187. The maximum Gasteiger partial charge on any atom is 0.410 e. The van der Waals surface area contributed by atoms with Gasteiger partial charge >= 0.3 is 6.09 Å². The van der Waals surface area contributed by atoms with Crippen LogP contribution in [0.2, 0.25) is 0 Å². The molecule has 0 aromatic rings. The zero-order valence-corrected chi connectivity index (χ0v) is 6.68. The van der Waals surface area contributed by atoms with Crippen molar-refractivity contribution in [3.05, 3.63) is 0 Å². The topological polar surface area (TPSA) is 29.5 Å². The van der Waals surface area contributed by atoms with E-state index < -0.39 is 0 Å². The highest BCUT2D eigenvalue weighted by Crippen LogP contribution is 2.17. The summed E-state index contributed by atoms with van der Waals surface area (Å²) >= 11 is 0. The van der Waals surface area contributed by atoms with Gasteiger partial charge in [0.05, 0.1) is 6.54 Å². The van der Waals surface area contributed by atoms with E-state index in [0.29, 0.717) is 6.61 Å². The molecule has 0 aromatic heterocycles. The minimum absolute atomic E-state index is 0.0897. The zero-order valence-electron chi connectivity index (χ0n) is 6.68. The number of carbonyl (C=O) groups is 1. The molecule has 0 radical (unpaired) electrons. The van der Waals surface area contributed by atoms with Gasteiger partial charge < -0.3 is 4.74 Å². The van der Waals surface area contributed by atoms with Crippen molar-refractivity contribution in [2.24, 2.45) is 0 Å². The van der Waals surface area contributed by atoms with E-state index in [-0.39, 0.29) is 11.6 Å². The molecule has 0 atom stereocenters. The van der Waals surface area contributed by atoms with Crippen LogP contribution in [0.25, 0.3) is 0 Å². The number of amides is 1. The van der Waals surface area contributed by atoms with E-state index in [9.17, 15) is 4.79 Å². The molecule has 0 unspecified atom stereocenters. The van der Waals surface area contributed by atoms with Gasteiger partial charge in [-0.05, 0) is 20.8 Å². The first-order chi connectivity index (χ1) is 4.52. The average molecular weight is 143 g/mol. The Kier molecular flexibility index (Phi) is 1.58. The van der Waals surface area contributed by atoms with Gasteiger partial charge in [0.25, 0.3) is 0 Å². The van der Waals surface area contributed by atoms with Gasteiger partial charge in [-0.2, -0.15) is 0 Å². The third-order valence-electron chi connectivity index (χ3n) is 1.57. The molecule has 1 aliphatic rings. The summed E-state index contributed by atoms with van der Waals surface area (Å²) in [7, 11) is 0. The molecule has 58 valence electrons. The molecule has 0 aliphatic carbocycles. The summed E-state index contributed by atoms with van der Waals surface area (Å²) in [6.45, 7) is 7.26. The van der Waals surface area contributed by atoms with Crippen LogP contribution in [-0.2, 0) is 4.74 Å². The third kappa shape index (κ3) is 1.23. The van der Waals surface area contributed by atoms with Gasteiger partial charge in [-0.1, -0.05) is 0 Å². The number of carbonyl (C=O) groups excluding carboxylic acids is 1. The largest absolute Gasteiger partial charge is 0.448 e. The van der Waals surface area contributed by atoms with E-state index in [1.165, 1.54) is 0 Å². The molecular formula is C7H13NO2. The monoisotopic (exact) mass is 143 g/mol. The predicted molar refractivity (Wildman–Crippen MR) is 37.8 cm³/mol. The lowest BCUT2D eigenvalue weighted by Crippen LogP contribution is -2.41. The minimum Gasteiger partial charge on any atom is -0.448 e. The van der Waals surface area contributed by atoms with E-state index in [1.54, 1.807) is 4.90 Å². The van der Waals surface area contributed by atoms with Crippen molar-refractivity contribution in [2.45, 2.75) is 26.3 Å². The van der Waals surface area contributed by atoms with Gasteiger partial charge in [0, 0.05) is 5.54 Å². The van der Waals surface area contributed by atoms with Crippen LogP contribution in [0.15, 0.2) is 0 Å². The van der Waals surface area contributed by atoms with Crippen LogP contribution in [0.1, 0.15) is 20.8 Å². The normalized spacial score (nSPS) is 19.5. The quantitative estimate of drug-likeness (QED) is 0.510. The van der Waals surface area contributed by atoms with Crippen molar-refractivity contribution in [3.63, 3.8) is 0 Å². The van der Waals surface area contributed by atoms with Gasteiger partial charge in [-0.15, -0.1) is 0 Å². The van der Waals surface area contributed by atoms with Crippen molar-refractivity contribution < 1.29 is 9.53 Å². The molecule has 0 aromatic carbocycles. The Labute approximate surface area is 61.0 Å². The van der Waals surface area contributed by atoms with Crippen LogP contribution in [0.5, 0.6) is 0 Å². The molecule has 1 aliphatic heterocycles. The van der Waals surface area contributed by atoms with Crippen LogP contribution >= 0.6 is 0 Å². The standard InChI is InChI=1S/C7H13NO2/c1-7(2,3)8-4-5-10-6(8)9/h4-5H2,1-3H3. The molecule has 1 amide bonds. The summed E-state index contributed by atoms with van der Waals surface area (Å²) < 4.78 is 4.78. The smallest absolute Gasteiger partial charge is 0.410 e. The van der Waals surface area contributed by atoms with Crippen LogP contribution in [0.4, 0.5) is 4.79 Å². The molecule has 10 heavy (non-hydrogen) atoms. The van der Waals surface area contributed by atoms with E-state index >= 15 is 0 Å². The van der Waals surface area contributed by atoms with Crippen LogP contribution < -0.4 is 0 Å². The van der Waals surface area contributed by atoms with Crippen molar-refractivity contribution in [1.29, 1.82) is 0 Å². The molecule has 1 fully saturated rings. The fraction of sp³-hybridized carbons (Fsp3) is 0.857. The molecule has 1 rings (SSSR count). The lowest BCUT2D eigenvalue weighted by molar-refractivity contribution is 0.132. The van der Waals surface area contributed by atoms with Crippen LogP contribution in [-0.4, -0.2) is 29.7 Å². The van der Waals surface area contributed by atoms with E-state index in [4.69, 9.17) is 4.74 Å². The SMILES string of the molecule is CC(C)(C)N1CCOC1=O. The van der Waals surface area contributed by atoms with E-state index in [1.807, 2.05) is 20.8 Å². The molecule has 0 spiro atoms. The number of rotatable bonds is 0. The summed E-state index contributed by atoms with van der Waals surface area (Å²) in [5.74, 6) is 0. The molecule has 0 saturated carbocycles. The van der Waals surface area contributed by atoms with Gasteiger partial charge in [0.15, 0.2) is 0 Å². The Morgan fingerprint density at radius 2 is 2.10 bits per heavy atom. The molecule has 3 nitrogen and oxygen atoms in total. The molecule has 1 heterocycles. The lowest BCUT2D eigenvalue weighted by atomic mass is 10.1. The maximum absolute atomic E-state index is 10.9. The van der Waals surface area contributed by atoms with Gasteiger partial charge in [0.1, 0.15) is 6.61 Å². The average Bonchev–Trinajstić information content (AvgIpc) is 2.11.